The Hall–Kier alpha value is -2.29. The fourth-order valence-electron chi connectivity index (χ4n) is 1.76. The molecule has 2 aromatic carbocycles. The molecule has 0 aliphatic heterocycles. The molecule has 0 saturated heterocycles. The number of para-hydroxylation sites is 1. The Labute approximate surface area is 106 Å². The molecule has 2 rings (SSSR count). The molecule has 3 nitrogen and oxygen atoms in total. The van der Waals surface area contributed by atoms with Gasteiger partial charge in [-0.2, -0.15) is 0 Å². The molecule has 0 amide bonds. The van der Waals surface area contributed by atoms with Gasteiger partial charge in [0.15, 0.2) is 0 Å². The second kappa shape index (κ2) is 4.92. The van der Waals surface area contributed by atoms with E-state index in [0.717, 1.165) is 11.1 Å². The van der Waals surface area contributed by atoms with E-state index in [4.69, 9.17) is 9.84 Å². The Morgan fingerprint density at radius 3 is 2.44 bits per heavy atom. The Morgan fingerprint density at radius 1 is 1.06 bits per heavy atom. The molecule has 18 heavy (non-hydrogen) atoms. The van der Waals surface area contributed by atoms with Crippen molar-refractivity contribution in [3.63, 3.8) is 0 Å². The summed E-state index contributed by atoms with van der Waals surface area (Å²) in [7, 11) is 0. The molecule has 0 aliphatic rings. The zero-order valence-electron chi connectivity index (χ0n) is 10.3. The van der Waals surface area contributed by atoms with E-state index in [0.29, 0.717) is 11.5 Å². The highest BCUT2D eigenvalue weighted by Crippen LogP contribution is 2.28. The molecule has 0 aliphatic carbocycles. The SMILES string of the molecule is Cc1ccc(Oc2ccccc2C(=O)O)c(C)c1. The maximum atomic E-state index is 11.1. The molecule has 3 heteroatoms. The van der Waals surface area contributed by atoms with Gasteiger partial charge in [0, 0.05) is 0 Å². The maximum Gasteiger partial charge on any atom is 0.339 e. The molecule has 0 atom stereocenters. The van der Waals surface area contributed by atoms with Crippen molar-refractivity contribution in [3.05, 3.63) is 59.2 Å². The third kappa shape index (κ3) is 2.51. The van der Waals surface area contributed by atoms with Crippen LogP contribution in [0.5, 0.6) is 11.5 Å². The highest BCUT2D eigenvalue weighted by atomic mass is 16.5. The van der Waals surface area contributed by atoms with Gasteiger partial charge in [0.2, 0.25) is 0 Å². The van der Waals surface area contributed by atoms with Crippen molar-refractivity contribution in [1.82, 2.24) is 0 Å². The molecule has 0 unspecified atom stereocenters. The maximum absolute atomic E-state index is 11.1. The van der Waals surface area contributed by atoms with Gasteiger partial charge in [0.05, 0.1) is 0 Å². The smallest absolute Gasteiger partial charge is 0.339 e. The van der Waals surface area contributed by atoms with Gasteiger partial charge in [-0.1, -0.05) is 29.8 Å². The van der Waals surface area contributed by atoms with E-state index in [1.54, 1.807) is 18.2 Å². The molecule has 0 aromatic heterocycles. The fraction of sp³-hybridized carbons (Fsp3) is 0.133. The summed E-state index contributed by atoms with van der Waals surface area (Å²) in [4.78, 5) is 11.1. The summed E-state index contributed by atoms with van der Waals surface area (Å²) in [6.07, 6.45) is 0. The Kier molecular flexibility index (Phi) is 3.33. The quantitative estimate of drug-likeness (QED) is 0.890. The average Bonchev–Trinajstić information content (AvgIpc) is 2.33. The van der Waals surface area contributed by atoms with Crippen LogP contribution in [0.15, 0.2) is 42.5 Å². The Morgan fingerprint density at radius 2 is 1.78 bits per heavy atom. The van der Waals surface area contributed by atoms with Crippen molar-refractivity contribution in [2.45, 2.75) is 13.8 Å². The van der Waals surface area contributed by atoms with Gasteiger partial charge in [-0.15, -0.1) is 0 Å². The van der Waals surface area contributed by atoms with Gasteiger partial charge < -0.3 is 9.84 Å². The minimum absolute atomic E-state index is 0.164. The van der Waals surface area contributed by atoms with Crippen molar-refractivity contribution in [2.75, 3.05) is 0 Å². The van der Waals surface area contributed by atoms with Crippen LogP contribution in [0.4, 0.5) is 0 Å². The third-order valence-electron chi connectivity index (χ3n) is 2.67. The van der Waals surface area contributed by atoms with Crippen molar-refractivity contribution in [3.8, 4) is 11.5 Å². The lowest BCUT2D eigenvalue weighted by Gasteiger charge is -2.11. The summed E-state index contributed by atoms with van der Waals surface area (Å²) in [5.74, 6) is 0.0432. The number of carboxylic acid groups (broad SMARTS) is 1. The number of hydrogen-bond donors (Lipinski definition) is 1. The van der Waals surface area contributed by atoms with Gasteiger partial charge in [-0.25, -0.2) is 4.79 Å². The molecule has 0 spiro atoms. The van der Waals surface area contributed by atoms with Gasteiger partial charge in [0.1, 0.15) is 17.1 Å². The van der Waals surface area contributed by atoms with Gasteiger partial charge in [-0.3, -0.25) is 0 Å². The number of ether oxygens (including phenoxy) is 1. The number of carbonyl (C=O) groups is 1. The summed E-state index contributed by atoms with van der Waals surface area (Å²) in [5.41, 5.74) is 2.29. The topological polar surface area (TPSA) is 46.5 Å². The monoisotopic (exact) mass is 242 g/mol. The average molecular weight is 242 g/mol. The van der Waals surface area contributed by atoms with Crippen LogP contribution < -0.4 is 4.74 Å². The van der Waals surface area contributed by atoms with Crippen LogP contribution in [0.25, 0.3) is 0 Å². The summed E-state index contributed by atoms with van der Waals surface area (Å²) in [6, 6.07) is 12.4. The molecule has 0 bridgehead atoms. The van der Waals surface area contributed by atoms with E-state index in [9.17, 15) is 4.79 Å². The van der Waals surface area contributed by atoms with E-state index in [2.05, 4.69) is 0 Å². The highest BCUT2D eigenvalue weighted by Gasteiger charge is 2.11. The van der Waals surface area contributed by atoms with Crippen LogP contribution >= 0.6 is 0 Å². The lowest BCUT2D eigenvalue weighted by atomic mass is 10.1. The fourth-order valence-corrected chi connectivity index (χ4v) is 1.76. The first-order valence-corrected chi connectivity index (χ1v) is 5.65. The molecular weight excluding hydrogens is 228 g/mol. The molecule has 92 valence electrons. The predicted octanol–water partition coefficient (Wildman–Crippen LogP) is 3.79. The molecule has 0 fully saturated rings. The standard InChI is InChI=1S/C15H14O3/c1-10-7-8-13(11(2)9-10)18-14-6-4-3-5-12(14)15(16)17/h3-9H,1-2H3,(H,16,17). The normalized spacial score (nSPS) is 10.1. The zero-order chi connectivity index (χ0) is 13.1. The number of aryl methyl sites for hydroxylation is 2. The molecule has 0 radical (unpaired) electrons. The Balaban J connectivity index is 2.37. The molecular formula is C15H14O3. The minimum atomic E-state index is -0.990. The van der Waals surface area contributed by atoms with E-state index in [1.807, 2.05) is 32.0 Å². The third-order valence-corrected chi connectivity index (χ3v) is 2.67. The first-order chi connectivity index (χ1) is 8.58. The van der Waals surface area contributed by atoms with Crippen LogP contribution in [-0.4, -0.2) is 11.1 Å². The van der Waals surface area contributed by atoms with E-state index < -0.39 is 5.97 Å². The summed E-state index contributed by atoms with van der Waals surface area (Å²) in [6.45, 7) is 3.94. The van der Waals surface area contributed by atoms with Crippen LogP contribution in [0.1, 0.15) is 21.5 Å². The second-order valence-electron chi connectivity index (χ2n) is 4.17. The second-order valence-corrected chi connectivity index (χ2v) is 4.17. The predicted molar refractivity (Wildman–Crippen MR) is 69.4 cm³/mol. The van der Waals surface area contributed by atoms with E-state index in [-0.39, 0.29) is 5.56 Å². The van der Waals surface area contributed by atoms with Crippen LogP contribution in [0.2, 0.25) is 0 Å². The summed E-state index contributed by atoms with van der Waals surface area (Å²) >= 11 is 0. The number of carboxylic acids is 1. The highest BCUT2D eigenvalue weighted by molar-refractivity contribution is 5.90. The summed E-state index contributed by atoms with van der Waals surface area (Å²) in [5, 5.41) is 9.08. The molecule has 0 saturated carbocycles. The first kappa shape index (κ1) is 12.2. The van der Waals surface area contributed by atoms with Gasteiger partial charge >= 0.3 is 5.97 Å². The van der Waals surface area contributed by atoms with Crippen molar-refractivity contribution < 1.29 is 14.6 Å². The van der Waals surface area contributed by atoms with Crippen molar-refractivity contribution >= 4 is 5.97 Å². The Bertz CT molecular complexity index is 588. The van der Waals surface area contributed by atoms with E-state index >= 15 is 0 Å². The minimum Gasteiger partial charge on any atom is -0.478 e. The lowest BCUT2D eigenvalue weighted by molar-refractivity contribution is 0.0694. The first-order valence-electron chi connectivity index (χ1n) is 5.65. The molecule has 1 N–H and O–H groups in total. The molecule has 0 heterocycles. The number of benzene rings is 2. The van der Waals surface area contributed by atoms with Gasteiger partial charge in [-0.05, 0) is 37.6 Å². The van der Waals surface area contributed by atoms with Crippen LogP contribution in [-0.2, 0) is 0 Å². The van der Waals surface area contributed by atoms with Crippen molar-refractivity contribution in [2.24, 2.45) is 0 Å². The van der Waals surface area contributed by atoms with Gasteiger partial charge in [0.25, 0.3) is 0 Å². The zero-order valence-corrected chi connectivity index (χ0v) is 10.3. The van der Waals surface area contributed by atoms with Crippen molar-refractivity contribution in [1.29, 1.82) is 0 Å². The van der Waals surface area contributed by atoms with Crippen LogP contribution in [0.3, 0.4) is 0 Å². The lowest BCUT2D eigenvalue weighted by Crippen LogP contribution is -2.00. The largest absolute Gasteiger partial charge is 0.478 e. The number of hydrogen-bond acceptors (Lipinski definition) is 2. The molecule has 2 aromatic rings. The number of rotatable bonds is 3. The number of aromatic carboxylic acids is 1. The van der Waals surface area contributed by atoms with E-state index in [1.165, 1.54) is 6.07 Å². The summed E-state index contributed by atoms with van der Waals surface area (Å²) < 4.78 is 5.68. The van der Waals surface area contributed by atoms with Crippen LogP contribution in [0, 0.1) is 13.8 Å².